The van der Waals surface area contributed by atoms with Crippen LogP contribution in [0.4, 0.5) is 0 Å². The fourth-order valence-electron chi connectivity index (χ4n) is 5.63. The third-order valence-electron chi connectivity index (χ3n) is 8.51. The summed E-state index contributed by atoms with van der Waals surface area (Å²) >= 11 is 0. The predicted octanol–water partition coefficient (Wildman–Crippen LogP) is 11.3. The Balaban J connectivity index is 3.52. The standard InChI is InChI=1S/C38H74O5/c1-34(2)28-24-20-16-12-8-6-5-7-9-14-18-22-26-30-37(40)42-33-36(32-39)43-38(41)31-27-23-19-15-11-10-13-17-21-25-29-35(3)4/h34-36,39H,5-33H2,1-4H3/t36-/m0/s1. The Hall–Kier alpha value is -1.10. The summed E-state index contributed by atoms with van der Waals surface area (Å²) in [6.45, 7) is 8.83. The van der Waals surface area contributed by atoms with Crippen molar-refractivity contribution in [1.82, 2.24) is 0 Å². The fraction of sp³-hybridized carbons (Fsp3) is 0.947. The van der Waals surface area contributed by atoms with Gasteiger partial charge in [0.25, 0.3) is 0 Å². The molecule has 1 N–H and O–H groups in total. The van der Waals surface area contributed by atoms with Gasteiger partial charge in [0.05, 0.1) is 6.61 Å². The highest BCUT2D eigenvalue weighted by atomic mass is 16.6. The maximum atomic E-state index is 12.1. The first-order chi connectivity index (χ1) is 20.8. The minimum atomic E-state index is -0.762. The van der Waals surface area contributed by atoms with E-state index in [0.717, 1.165) is 43.9 Å². The molecule has 0 radical (unpaired) electrons. The zero-order valence-corrected chi connectivity index (χ0v) is 29.3. The Kier molecular flexibility index (Phi) is 31.5. The molecule has 0 fully saturated rings. The second-order valence-corrected chi connectivity index (χ2v) is 14.0. The van der Waals surface area contributed by atoms with Gasteiger partial charge in [-0.25, -0.2) is 0 Å². The second kappa shape index (κ2) is 32.3. The molecule has 43 heavy (non-hydrogen) atoms. The molecule has 5 nitrogen and oxygen atoms in total. The zero-order chi connectivity index (χ0) is 31.8. The topological polar surface area (TPSA) is 72.8 Å². The first-order valence-corrected chi connectivity index (χ1v) is 18.8. The maximum Gasteiger partial charge on any atom is 0.306 e. The van der Waals surface area contributed by atoms with Crippen molar-refractivity contribution in [2.45, 2.75) is 207 Å². The average Bonchev–Trinajstić information content (AvgIpc) is 2.97. The minimum absolute atomic E-state index is 0.0590. The van der Waals surface area contributed by atoms with Gasteiger partial charge < -0.3 is 14.6 Å². The van der Waals surface area contributed by atoms with Gasteiger partial charge in [-0.3, -0.25) is 9.59 Å². The Labute approximate surface area is 268 Å². The Bertz CT molecular complexity index is 603. The van der Waals surface area contributed by atoms with Gasteiger partial charge in [-0.2, -0.15) is 0 Å². The lowest BCUT2D eigenvalue weighted by atomic mass is 10.0. The third kappa shape index (κ3) is 33.6. The van der Waals surface area contributed by atoms with Crippen molar-refractivity contribution in [3.8, 4) is 0 Å². The molecule has 0 rings (SSSR count). The summed E-state index contributed by atoms with van der Waals surface area (Å²) in [6, 6.07) is 0. The van der Waals surface area contributed by atoms with Crippen LogP contribution in [0, 0.1) is 11.8 Å². The first-order valence-electron chi connectivity index (χ1n) is 18.8. The van der Waals surface area contributed by atoms with E-state index in [9.17, 15) is 14.7 Å². The van der Waals surface area contributed by atoms with Crippen molar-refractivity contribution in [1.29, 1.82) is 0 Å². The van der Waals surface area contributed by atoms with Crippen LogP contribution < -0.4 is 0 Å². The highest BCUT2D eigenvalue weighted by Crippen LogP contribution is 2.16. The van der Waals surface area contributed by atoms with Gasteiger partial charge in [0.1, 0.15) is 6.61 Å². The largest absolute Gasteiger partial charge is 0.462 e. The monoisotopic (exact) mass is 611 g/mol. The number of rotatable bonds is 33. The number of ether oxygens (including phenoxy) is 2. The van der Waals surface area contributed by atoms with Gasteiger partial charge in [-0.1, -0.05) is 175 Å². The van der Waals surface area contributed by atoms with Crippen LogP contribution in [0.2, 0.25) is 0 Å². The zero-order valence-electron chi connectivity index (χ0n) is 29.3. The highest BCUT2D eigenvalue weighted by Gasteiger charge is 2.16. The van der Waals surface area contributed by atoms with Gasteiger partial charge in [0.2, 0.25) is 0 Å². The average molecular weight is 611 g/mol. The Morgan fingerprint density at radius 3 is 1.09 bits per heavy atom. The SMILES string of the molecule is CC(C)CCCCCCCCCCCCCCCC(=O)OC[C@H](CO)OC(=O)CCCCCCCCCCCCC(C)C. The molecule has 0 aliphatic heterocycles. The maximum absolute atomic E-state index is 12.1. The minimum Gasteiger partial charge on any atom is -0.462 e. The third-order valence-corrected chi connectivity index (χ3v) is 8.51. The molecule has 0 spiro atoms. The van der Waals surface area contributed by atoms with Crippen molar-refractivity contribution in [3.63, 3.8) is 0 Å². The molecular formula is C38H74O5. The molecule has 0 aromatic heterocycles. The van der Waals surface area contributed by atoms with Crippen molar-refractivity contribution >= 4 is 11.9 Å². The van der Waals surface area contributed by atoms with E-state index < -0.39 is 6.10 Å². The first kappa shape index (κ1) is 41.9. The van der Waals surface area contributed by atoms with Gasteiger partial charge >= 0.3 is 11.9 Å². The van der Waals surface area contributed by atoms with E-state index in [0.29, 0.717) is 12.8 Å². The molecule has 0 heterocycles. The number of unbranched alkanes of at least 4 members (excludes halogenated alkanes) is 21. The lowest BCUT2D eigenvalue weighted by Crippen LogP contribution is -2.28. The molecule has 0 saturated heterocycles. The molecule has 0 aliphatic rings. The van der Waals surface area contributed by atoms with Gasteiger partial charge in [0.15, 0.2) is 6.10 Å². The smallest absolute Gasteiger partial charge is 0.306 e. The Morgan fingerprint density at radius 1 is 0.465 bits per heavy atom. The number of carbonyl (C=O) groups is 2. The van der Waals surface area contributed by atoms with E-state index in [1.165, 1.54) is 128 Å². The molecule has 0 aromatic carbocycles. The van der Waals surface area contributed by atoms with Gasteiger partial charge in [-0.15, -0.1) is 0 Å². The number of aliphatic hydroxyl groups is 1. The lowest BCUT2D eigenvalue weighted by Gasteiger charge is -2.15. The van der Waals surface area contributed by atoms with Crippen LogP contribution in [0.3, 0.4) is 0 Å². The second-order valence-electron chi connectivity index (χ2n) is 14.0. The molecular weight excluding hydrogens is 536 g/mol. The number of carbonyl (C=O) groups excluding carboxylic acids is 2. The predicted molar refractivity (Wildman–Crippen MR) is 182 cm³/mol. The number of hydrogen-bond donors (Lipinski definition) is 1. The summed E-state index contributed by atoms with van der Waals surface area (Å²) in [5, 5.41) is 9.53. The van der Waals surface area contributed by atoms with Crippen molar-refractivity contribution in [3.05, 3.63) is 0 Å². The summed E-state index contributed by atoms with van der Waals surface area (Å²) in [5.41, 5.74) is 0. The van der Waals surface area contributed by atoms with E-state index >= 15 is 0 Å². The van der Waals surface area contributed by atoms with E-state index in [4.69, 9.17) is 9.47 Å². The van der Waals surface area contributed by atoms with E-state index in [2.05, 4.69) is 27.7 Å². The molecule has 0 aliphatic carbocycles. The highest BCUT2D eigenvalue weighted by molar-refractivity contribution is 5.70. The van der Waals surface area contributed by atoms with Crippen LogP contribution in [0.5, 0.6) is 0 Å². The van der Waals surface area contributed by atoms with Crippen LogP contribution in [0.1, 0.15) is 201 Å². The number of aliphatic hydroxyl groups excluding tert-OH is 1. The van der Waals surface area contributed by atoms with Crippen molar-refractivity contribution in [2.24, 2.45) is 11.8 Å². The van der Waals surface area contributed by atoms with Crippen LogP contribution >= 0.6 is 0 Å². The summed E-state index contributed by atoms with van der Waals surface area (Å²) in [7, 11) is 0. The quantitative estimate of drug-likeness (QED) is 0.0591. The summed E-state index contributed by atoms with van der Waals surface area (Å²) in [5.74, 6) is 1.09. The Morgan fingerprint density at radius 2 is 0.767 bits per heavy atom. The van der Waals surface area contributed by atoms with Crippen molar-refractivity contribution in [2.75, 3.05) is 13.2 Å². The normalized spacial score (nSPS) is 12.3. The summed E-state index contributed by atoms with van der Waals surface area (Å²) in [6.07, 6.45) is 31.6. The molecule has 5 heteroatoms. The molecule has 0 saturated carbocycles. The summed E-state index contributed by atoms with van der Waals surface area (Å²) < 4.78 is 10.6. The van der Waals surface area contributed by atoms with E-state index in [1.807, 2.05) is 0 Å². The molecule has 0 bridgehead atoms. The van der Waals surface area contributed by atoms with Gasteiger partial charge in [0, 0.05) is 12.8 Å². The molecule has 0 amide bonds. The van der Waals surface area contributed by atoms with Crippen LogP contribution in [0.25, 0.3) is 0 Å². The fourth-order valence-corrected chi connectivity index (χ4v) is 5.63. The lowest BCUT2D eigenvalue weighted by molar-refractivity contribution is -0.161. The van der Waals surface area contributed by atoms with E-state index in [-0.39, 0.29) is 25.2 Å². The van der Waals surface area contributed by atoms with Crippen molar-refractivity contribution < 1.29 is 24.2 Å². The van der Waals surface area contributed by atoms with Crippen LogP contribution in [0.15, 0.2) is 0 Å². The van der Waals surface area contributed by atoms with Crippen LogP contribution in [-0.4, -0.2) is 36.4 Å². The van der Waals surface area contributed by atoms with Gasteiger partial charge in [-0.05, 0) is 24.7 Å². The number of hydrogen-bond acceptors (Lipinski definition) is 5. The molecule has 0 aromatic rings. The molecule has 0 unspecified atom stereocenters. The van der Waals surface area contributed by atoms with E-state index in [1.54, 1.807) is 0 Å². The molecule has 256 valence electrons. The number of esters is 2. The molecule has 1 atom stereocenters. The summed E-state index contributed by atoms with van der Waals surface area (Å²) in [4.78, 5) is 24.2. The van der Waals surface area contributed by atoms with Crippen LogP contribution in [-0.2, 0) is 19.1 Å².